The van der Waals surface area contributed by atoms with Gasteiger partial charge in [-0.15, -0.1) is 0 Å². The number of nitriles is 1. The number of nitrogens with zero attached hydrogens (tertiary/aromatic N) is 4. The fourth-order valence-electron chi connectivity index (χ4n) is 3.99. The molecule has 0 fully saturated rings. The second kappa shape index (κ2) is 8.48. The van der Waals surface area contributed by atoms with Crippen LogP contribution in [0.25, 0.3) is 28.4 Å². The molecule has 7 heteroatoms. The van der Waals surface area contributed by atoms with Crippen molar-refractivity contribution in [2.75, 3.05) is 11.9 Å². The zero-order chi connectivity index (χ0) is 22.1. The summed E-state index contributed by atoms with van der Waals surface area (Å²) in [5, 5.41) is 17.9. The zero-order valence-electron chi connectivity index (χ0n) is 18.0. The molecule has 4 aromatic rings. The Kier molecular flexibility index (Phi) is 5.38. The molecule has 0 bridgehead atoms. The van der Waals surface area contributed by atoms with Crippen LogP contribution in [-0.4, -0.2) is 31.7 Å². The first kappa shape index (κ1) is 20.3. The van der Waals surface area contributed by atoms with Crippen LogP contribution in [0.15, 0.2) is 59.4 Å². The summed E-state index contributed by atoms with van der Waals surface area (Å²) in [5.41, 5.74) is 4.78. The van der Waals surface area contributed by atoms with Crippen molar-refractivity contribution in [2.24, 2.45) is 0 Å². The number of pyridine rings is 1. The molecule has 1 aliphatic rings. The van der Waals surface area contributed by atoms with Crippen molar-refractivity contribution in [3.63, 3.8) is 0 Å². The van der Waals surface area contributed by atoms with Gasteiger partial charge in [-0.05, 0) is 40.9 Å². The van der Waals surface area contributed by atoms with E-state index >= 15 is 0 Å². The number of thiol groups is 1. The topological polar surface area (TPSA) is 90.3 Å². The third kappa shape index (κ3) is 3.74. The predicted molar refractivity (Wildman–Crippen MR) is 132 cm³/mol. The lowest BCUT2D eigenvalue weighted by Gasteiger charge is -2.20. The second-order valence-electron chi connectivity index (χ2n) is 8.06. The first-order chi connectivity index (χ1) is 15.6. The van der Waals surface area contributed by atoms with E-state index in [1.807, 2.05) is 6.07 Å². The van der Waals surface area contributed by atoms with E-state index in [9.17, 15) is 5.26 Å². The number of rotatable bonds is 6. The number of aromatic nitrogens is 4. The second-order valence-corrected chi connectivity index (χ2v) is 10.6. The molecule has 1 atom stereocenters. The largest absolute Gasteiger partial charge is 0.369 e. The van der Waals surface area contributed by atoms with E-state index < -0.39 is 10.9 Å². The summed E-state index contributed by atoms with van der Waals surface area (Å²) in [6, 6.07) is 12.3. The van der Waals surface area contributed by atoms with E-state index in [1.54, 1.807) is 18.5 Å². The van der Waals surface area contributed by atoms with Gasteiger partial charge in [-0.25, -0.2) is 9.97 Å². The summed E-state index contributed by atoms with van der Waals surface area (Å²) < 4.78 is 0. The Morgan fingerprint density at radius 3 is 2.91 bits per heavy atom. The van der Waals surface area contributed by atoms with Crippen molar-refractivity contribution in [1.82, 2.24) is 19.9 Å². The quantitative estimate of drug-likeness (QED) is 0.280. The first-order valence-corrected chi connectivity index (χ1v) is 12.1. The number of H-pyrrole nitrogens is 1. The molecule has 3 aromatic heterocycles. The molecule has 1 unspecified atom stereocenters. The number of para-hydroxylation sites is 1. The Morgan fingerprint density at radius 1 is 1.19 bits per heavy atom. The Balaban J connectivity index is 1.47. The van der Waals surface area contributed by atoms with Gasteiger partial charge in [-0.2, -0.15) is 16.2 Å². The summed E-state index contributed by atoms with van der Waals surface area (Å²) in [5.74, 6) is 1.45. The fraction of sp³-hybridized carbons (Fsp3) is 0.200. The average Bonchev–Trinajstić information content (AvgIpc) is 3.43. The summed E-state index contributed by atoms with van der Waals surface area (Å²) in [4.78, 5) is 17.3. The highest BCUT2D eigenvalue weighted by Crippen LogP contribution is 2.50. The van der Waals surface area contributed by atoms with Gasteiger partial charge in [0.05, 0.1) is 10.6 Å². The van der Waals surface area contributed by atoms with Crippen molar-refractivity contribution in [3.8, 4) is 17.5 Å². The monoisotopic (exact) mass is 440 g/mol. The average molecular weight is 441 g/mol. The smallest absolute Gasteiger partial charge is 0.164 e. The number of benzene rings is 1. The molecule has 4 heterocycles. The molecule has 6 nitrogen and oxygen atoms in total. The van der Waals surface area contributed by atoms with Crippen LogP contribution in [0.3, 0.4) is 0 Å². The van der Waals surface area contributed by atoms with Gasteiger partial charge in [0.15, 0.2) is 5.82 Å². The Morgan fingerprint density at radius 2 is 2.06 bits per heavy atom. The van der Waals surface area contributed by atoms with Crippen LogP contribution in [0.4, 0.5) is 5.82 Å². The van der Waals surface area contributed by atoms with Crippen molar-refractivity contribution >= 4 is 33.7 Å². The number of hydrogen-bond acceptors (Lipinski definition) is 5. The Labute approximate surface area is 189 Å². The molecule has 0 saturated carbocycles. The minimum atomic E-state index is -0.491. The van der Waals surface area contributed by atoms with E-state index in [0.29, 0.717) is 16.6 Å². The van der Waals surface area contributed by atoms with Crippen molar-refractivity contribution < 1.29 is 0 Å². The number of aromatic amines is 1. The minimum Gasteiger partial charge on any atom is -0.369 e. The van der Waals surface area contributed by atoms with Gasteiger partial charge in [0.25, 0.3) is 0 Å². The fourth-order valence-corrected chi connectivity index (χ4v) is 5.94. The molecule has 1 aromatic carbocycles. The van der Waals surface area contributed by atoms with E-state index in [0.717, 1.165) is 40.5 Å². The third-order valence-corrected chi connectivity index (χ3v) is 8.03. The summed E-state index contributed by atoms with van der Waals surface area (Å²) >= 11 is 0. The van der Waals surface area contributed by atoms with Gasteiger partial charge in [-0.1, -0.05) is 32.0 Å². The highest BCUT2D eigenvalue weighted by molar-refractivity contribution is 8.20. The first-order valence-electron chi connectivity index (χ1n) is 10.7. The SMILES string of the molecule is CC(C)[SH]1C=Cc2c(NCCc3c[nH]c4ccccc34)nc(-c3cncc(C#N)c3)nc21. The lowest BCUT2D eigenvalue weighted by Crippen LogP contribution is -2.10. The number of hydrogen-bond donors (Lipinski definition) is 3. The maximum absolute atomic E-state index is 9.26. The van der Waals surface area contributed by atoms with Crippen molar-refractivity contribution in [1.29, 1.82) is 5.26 Å². The van der Waals surface area contributed by atoms with Crippen LogP contribution < -0.4 is 5.32 Å². The molecular weight excluding hydrogens is 416 g/mol. The standard InChI is InChI=1S/C25H24N6S/c1-16(2)32-10-8-21-24(28-9-7-18-15-29-22-6-4-3-5-20(18)22)30-23(31-25(21)32)19-11-17(12-26)13-27-14-19/h3-6,8,10-11,13-16,29,32H,7,9H2,1-2H3,(H,28,30,31). The third-order valence-electron chi connectivity index (χ3n) is 5.62. The number of nitrogens with one attached hydrogen (secondary N) is 2. The number of fused-ring (bicyclic) bond motifs is 2. The highest BCUT2D eigenvalue weighted by atomic mass is 32.2. The molecule has 0 spiro atoms. The van der Waals surface area contributed by atoms with Gasteiger partial charge in [0.2, 0.25) is 0 Å². The predicted octanol–water partition coefficient (Wildman–Crippen LogP) is 5.30. The van der Waals surface area contributed by atoms with E-state index in [1.165, 1.54) is 10.9 Å². The molecule has 160 valence electrons. The lowest BCUT2D eigenvalue weighted by atomic mass is 10.1. The Bertz CT molecular complexity index is 1360. The molecular formula is C25H24N6S. The molecule has 0 amide bonds. The maximum Gasteiger partial charge on any atom is 0.164 e. The van der Waals surface area contributed by atoms with Gasteiger partial charge >= 0.3 is 0 Å². The van der Waals surface area contributed by atoms with Crippen LogP contribution in [0.5, 0.6) is 0 Å². The summed E-state index contributed by atoms with van der Waals surface area (Å²) in [6.07, 6.45) is 8.40. The molecule has 2 N–H and O–H groups in total. The highest BCUT2D eigenvalue weighted by Gasteiger charge is 2.24. The lowest BCUT2D eigenvalue weighted by molar-refractivity contribution is 0.978. The van der Waals surface area contributed by atoms with Gasteiger partial charge in [-0.3, -0.25) is 4.98 Å². The zero-order valence-corrected chi connectivity index (χ0v) is 18.9. The summed E-state index contributed by atoms with van der Waals surface area (Å²) in [7, 11) is -0.491. The Hall–Kier alpha value is -3.63. The minimum absolute atomic E-state index is 0.491. The molecule has 0 aliphatic carbocycles. The van der Waals surface area contributed by atoms with Crippen molar-refractivity contribution in [3.05, 3.63) is 71.0 Å². The van der Waals surface area contributed by atoms with Gasteiger partial charge in [0, 0.05) is 47.2 Å². The number of anilines is 1. The van der Waals surface area contributed by atoms with Gasteiger partial charge in [0.1, 0.15) is 11.9 Å². The maximum atomic E-state index is 9.26. The van der Waals surface area contributed by atoms with E-state index in [4.69, 9.17) is 9.97 Å². The van der Waals surface area contributed by atoms with E-state index in [2.05, 4.69) is 71.1 Å². The summed E-state index contributed by atoms with van der Waals surface area (Å²) in [6.45, 7) is 5.22. The van der Waals surface area contributed by atoms with E-state index in [-0.39, 0.29) is 0 Å². The van der Waals surface area contributed by atoms with Gasteiger partial charge < -0.3 is 10.3 Å². The van der Waals surface area contributed by atoms with Crippen LogP contribution in [-0.2, 0) is 6.42 Å². The molecule has 1 aliphatic heterocycles. The van der Waals surface area contributed by atoms with Crippen LogP contribution in [0.1, 0.15) is 30.5 Å². The molecule has 0 saturated heterocycles. The molecule has 5 rings (SSSR count). The normalized spacial score (nSPS) is 15.8. The van der Waals surface area contributed by atoms with Crippen LogP contribution >= 0.6 is 10.9 Å². The van der Waals surface area contributed by atoms with Crippen LogP contribution in [0.2, 0.25) is 0 Å². The molecule has 32 heavy (non-hydrogen) atoms. The van der Waals surface area contributed by atoms with Crippen molar-refractivity contribution in [2.45, 2.75) is 30.5 Å². The molecule has 0 radical (unpaired) electrons. The van der Waals surface area contributed by atoms with Crippen LogP contribution in [0, 0.1) is 11.3 Å².